The fourth-order valence-electron chi connectivity index (χ4n) is 3.92. The van der Waals surface area contributed by atoms with E-state index >= 15 is 0 Å². The number of likely N-dealkylation sites (tertiary alicyclic amines) is 1. The molecule has 2 aliphatic rings. The highest BCUT2D eigenvalue weighted by Crippen LogP contribution is 2.31. The zero-order chi connectivity index (χ0) is 18.8. The van der Waals surface area contributed by atoms with Crippen LogP contribution in [0.5, 0.6) is 5.75 Å². The van der Waals surface area contributed by atoms with Gasteiger partial charge in [-0.2, -0.15) is 0 Å². The minimum atomic E-state index is -0.331. The average Bonchev–Trinajstić information content (AvgIpc) is 3.43. The molecule has 2 heterocycles. The molecule has 1 aliphatic heterocycles. The number of aromatic nitrogens is 4. The van der Waals surface area contributed by atoms with Gasteiger partial charge in [0.05, 0.1) is 24.4 Å². The van der Waals surface area contributed by atoms with Gasteiger partial charge in [-0.15, -0.1) is 5.10 Å². The van der Waals surface area contributed by atoms with Gasteiger partial charge >= 0.3 is 0 Å². The number of benzene rings is 1. The molecule has 9 nitrogen and oxygen atoms in total. The second-order valence-electron chi connectivity index (χ2n) is 7.01. The SMILES string of the molecule is COc1cc(-n2cnnn2)ccc1NC(=O)C1CC(=O)N(C2CCCC2)C1. The first-order valence-electron chi connectivity index (χ1n) is 9.17. The van der Waals surface area contributed by atoms with E-state index in [2.05, 4.69) is 20.8 Å². The van der Waals surface area contributed by atoms with Gasteiger partial charge in [-0.25, -0.2) is 4.68 Å². The van der Waals surface area contributed by atoms with Crippen LogP contribution in [-0.2, 0) is 9.59 Å². The first-order chi connectivity index (χ1) is 13.2. The minimum Gasteiger partial charge on any atom is -0.494 e. The number of anilines is 1. The summed E-state index contributed by atoms with van der Waals surface area (Å²) in [7, 11) is 1.54. The lowest BCUT2D eigenvalue weighted by Gasteiger charge is -2.24. The monoisotopic (exact) mass is 370 g/mol. The molecule has 1 aromatic heterocycles. The molecule has 4 rings (SSSR count). The fraction of sp³-hybridized carbons (Fsp3) is 0.500. The van der Waals surface area contributed by atoms with Crippen LogP contribution in [0.3, 0.4) is 0 Å². The largest absolute Gasteiger partial charge is 0.494 e. The molecule has 2 fully saturated rings. The third-order valence-electron chi connectivity index (χ3n) is 5.35. The van der Waals surface area contributed by atoms with Gasteiger partial charge < -0.3 is 15.0 Å². The highest BCUT2D eigenvalue weighted by Gasteiger charge is 2.38. The maximum Gasteiger partial charge on any atom is 0.229 e. The number of hydrogen-bond acceptors (Lipinski definition) is 6. The summed E-state index contributed by atoms with van der Waals surface area (Å²) in [6, 6.07) is 5.59. The van der Waals surface area contributed by atoms with E-state index < -0.39 is 0 Å². The first-order valence-corrected chi connectivity index (χ1v) is 9.17. The molecular formula is C18H22N6O3. The first kappa shape index (κ1) is 17.4. The predicted molar refractivity (Wildman–Crippen MR) is 96.4 cm³/mol. The van der Waals surface area contributed by atoms with Crippen molar-refractivity contribution in [2.24, 2.45) is 5.92 Å². The Morgan fingerprint density at radius 3 is 2.81 bits per heavy atom. The van der Waals surface area contributed by atoms with Gasteiger partial charge in [0, 0.05) is 25.1 Å². The van der Waals surface area contributed by atoms with Crippen LogP contribution in [0.15, 0.2) is 24.5 Å². The number of hydrogen-bond donors (Lipinski definition) is 1. The topological polar surface area (TPSA) is 102 Å². The van der Waals surface area contributed by atoms with Gasteiger partial charge in [-0.3, -0.25) is 9.59 Å². The van der Waals surface area contributed by atoms with Gasteiger partial charge in [-0.1, -0.05) is 12.8 Å². The van der Waals surface area contributed by atoms with Crippen molar-refractivity contribution >= 4 is 17.5 Å². The Bertz CT molecular complexity index is 832. The maximum atomic E-state index is 12.7. The van der Waals surface area contributed by atoms with Crippen LogP contribution in [0.1, 0.15) is 32.1 Å². The molecule has 1 aliphatic carbocycles. The van der Waals surface area contributed by atoms with Crippen LogP contribution in [-0.4, -0.2) is 56.6 Å². The Morgan fingerprint density at radius 2 is 2.11 bits per heavy atom. The summed E-state index contributed by atoms with van der Waals surface area (Å²) < 4.78 is 6.90. The van der Waals surface area contributed by atoms with Crippen molar-refractivity contribution in [1.82, 2.24) is 25.1 Å². The van der Waals surface area contributed by atoms with E-state index in [4.69, 9.17) is 4.74 Å². The summed E-state index contributed by atoms with van der Waals surface area (Å²) in [5.41, 5.74) is 1.28. The smallest absolute Gasteiger partial charge is 0.229 e. The number of carbonyl (C=O) groups excluding carboxylic acids is 2. The Labute approximate surface area is 156 Å². The lowest BCUT2D eigenvalue weighted by atomic mass is 10.1. The molecule has 0 radical (unpaired) electrons. The molecule has 1 saturated heterocycles. The Hall–Kier alpha value is -2.97. The van der Waals surface area contributed by atoms with Gasteiger partial charge in [0.1, 0.15) is 12.1 Å². The van der Waals surface area contributed by atoms with Crippen molar-refractivity contribution < 1.29 is 14.3 Å². The lowest BCUT2D eigenvalue weighted by molar-refractivity contribution is -0.129. The zero-order valence-corrected chi connectivity index (χ0v) is 15.2. The molecule has 9 heteroatoms. The van der Waals surface area contributed by atoms with Crippen molar-refractivity contribution in [3.63, 3.8) is 0 Å². The van der Waals surface area contributed by atoms with E-state index in [0.29, 0.717) is 24.0 Å². The van der Waals surface area contributed by atoms with E-state index in [1.807, 2.05) is 4.90 Å². The van der Waals surface area contributed by atoms with Crippen molar-refractivity contribution in [3.8, 4) is 11.4 Å². The van der Waals surface area contributed by atoms with Crippen LogP contribution < -0.4 is 10.1 Å². The number of nitrogens with zero attached hydrogens (tertiary/aromatic N) is 5. The number of rotatable bonds is 5. The summed E-state index contributed by atoms with van der Waals surface area (Å²) in [5, 5.41) is 14.0. The number of carbonyl (C=O) groups is 2. The van der Waals surface area contributed by atoms with Gasteiger partial charge in [0.2, 0.25) is 11.8 Å². The van der Waals surface area contributed by atoms with Crippen LogP contribution in [0.4, 0.5) is 5.69 Å². The zero-order valence-electron chi connectivity index (χ0n) is 15.2. The van der Waals surface area contributed by atoms with Crippen molar-refractivity contribution in [2.45, 2.75) is 38.1 Å². The van der Waals surface area contributed by atoms with Crippen molar-refractivity contribution in [2.75, 3.05) is 19.0 Å². The molecule has 0 spiro atoms. The van der Waals surface area contributed by atoms with Crippen LogP contribution in [0.2, 0.25) is 0 Å². The maximum absolute atomic E-state index is 12.7. The van der Waals surface area contributed by atoms with E-state index in [-0.39, 0.29) is 24.2 Å². The number of nitrogens with one attached hydrogen (secondary N) is 1. The molecule has 1 aromatic carbocycles. The van der Waals surface area contributed by atoms with E-state index in [0.717, 1.165) is 31.4 Å². The van der Waals surface area contributed by atoms with Gasteiger partial charge in [0.25, 0.3) is 0 Å². The molecule has 27 heavy (non-hydrogen) atoms. The summed E-state index contributed by atoms with van der Waals surface area (Å²) in [4.78, 5) is 26.9. The molecule has 2 aromatic rings. The second kappa shape index (κ2) is 7.34. The van der Waals surface area contributed by atoms with Crippen molar-refractivity contribution in [3.05, 3.63) is 24.5 Å². The Balaban J connectivity index is 1.45. The molecule has 1 N–H and O–H groups in total. The molecule has 1 saturated carbocycles. The summed E-state index contributed by atoms with van der Waals surface area (Å²) in [5.74, 6) is 0.107. The Kier molecular flexibility index (Phi) is 4.74. The highest BCUT2D eigenvalue weighted by atomic mass is 16.5. The molecule has 1 unspecified atom stereocenters. The summed E-state index contributed by atoms with van der Waals surface area (Å²) in [6.45, 7) is 0.500. The molecule has 1 atom stereocenters. The van der Waals surface area contributed by atoms with E-state index in [9.17, 15) is 9.59 Å². The quantitative estimate of drug-likeness (QED) is 0.853. The standard InChI is InChI=1S/C18H22N6O3/c1-27-16-9-14(24-11-19-21-22-24)6-7-15(16)20-18(26)12-8-17(25)23(10-12)13-4-2-3-5-13/h6-7,9,11-13H,2-5,8,10H2,1H3,(H,20,26). The Morgan fingerprint density at radius 1 is 1.30 bits per heavy atom. The average molecular weight is 370 g/mol. The van der Waals surface area contributed by atoms with Crippen LogP contribution in [0.25, 0.3) is 5.69 Å². The molecular weight excluding hydrogens is 348 g/mol. The summed E-state index contributed by atoms with van der Waals surface area (Å²) >= 11 is 0. The normalized spacial score (nSPS) is 20.3. The second-order valence-corrected chi connectivity index (χ2v) is 7.01. The van der Waals surface area contributed by atoms with Crippen molar-refractivity contribution in [1.29, 1.82) is 0 Å². The highest BCUT2D eigenvalue weighted by molar-refractivity contribution is 5.98. The van der Waals surface area contributed by atoms with E-state index in [1.54, 1.807) is 18.2 Å². The summed E-state index contributed by atoms with van der Waals surface area (Å²) in [6.07, 6.45) is 6.17. The third kappa shape index (κ3) is 3.49. The number of tetrazole rings is 1. The van der Waals surface area contributed by atoms with Gasteiger partial charge in [-0.05, 0) is 35.4 Å². The lowest BCUT2D eigenvalue weighted by Crippen LogP contribution is -2.35. The predicted octanol–water partition coefficient (Wildman–Crippen LogP) is 1.40. The molecule has 0 bridgehead atoms. The minimum absolute atomic E-state index is 0.0862. The number of ether oxygens (including phenoxy) is 1. The molecule has 2 amide bonds. The fourth-order valence-corrected chi connectivity index (χ4v) is 3.92. The van der Waals surface area contributed by atoms with Gasteiger partial charge in [0.15, 0.2) is 0 Å². The molecule has 142 valence electrons. The third-order valence-corrected chi connectivity index (χ3v) is 5.35. The van der Waals surface area contributed by atoms with Crippen LogP contribution in [0, 0.1) is 5.92 Å². The van der Waals surface area contributed by atoms with E-state index in [1.165, 1.54) is 18.1 Å². The number of amides is 2. The number of methoxy groups -OCH3 is 1. The van der Waals surface area contributed by atoms with Crippen LogP contribution >= 0.6 is 0 Å².